The van der Waals surface area contributed by atoms with Gasteiger partial charge in [-0.05, 0) is 24.6 Å². The minimum absolute atomic E-state index is 0.0170. The van der Waals surface area contributed by atoms with Crippen LogP contribution in [0, 0.1) is 5.82 Å². The average Bonchev–Trinajstić information content (AvgIpc) is 1.99. The lowest BCUT2D eigenvalue weighted by molar-refractivity contribution is -0.116. The predicted octanol–water partition coefficient (Wildman–Crippen LogP) is 3.37. The molecular formula is C9H7BrClFO. The SMILES string of the molecule is CC(=O)Cc1cc(Cl)c(F)cc1Br. The minimum atomic E-state index is -0.485. The maximum atomic E-state index is 12.9. The van der Waals surface area contributed by atoms with Crippen molar-refractivity contribution in [3.63, 3.8) is 0 Å². The third-order valence-corrected chi connectivity index (χ3v) is 2.56. The van der Waals surface area contributed by atoms with E-state index >= 15 is 0 Å². The second-order valence-electron chi connectivity index (χ2n) is 2.74. The number of halogens is 3. The molecule has 0 N–H and O–H groups in total. The molecule has 0 radical (unpaired) electrons. The van der Waals surface area contributed by atoms with Crippen molar-refractivity contribution in [1.29, 1.82) is 0 Å². The summed E-state index contributed by atoms with van der Waals surface area (Å²) in [4.78, 5) is 10.8. The summed E-state index contributed by atoms with van der Waals surface area (Å²) >= 11 is 8.72. The molecule has 0 heterocycles. The van der Waals surface area contributed by atoms with Crippen LogP contribution in [0.1, 0.15) is 12.5 Å². The lowest BCUT2D eigenvalue weighted by Crippen LogP contribution is -1.98. The molecule has 0 spiro atoms. The fraction of sp³-hybridized carbons (Fsp3) is 0.222. The fourth-order valence-corrected chi connectivity index (χ4v) is 1.61. The van der Waals surface area contributed by atoms with Gasteiger partial charge < -0.3 is 0 Å². The molecule has 0 saturated heterocycles. The van der Waals surface area contributed by atoms with Crippen LogP contribution >= 0.6 is 27.5 Å². The second-order valence-corrected chi connectivity index (χ2v) is 4.00. The summed E-state index contributed by atoms with van der Waals surface area (Å²) in [5, 5.41) is 0.0412. The Kier molecular flexibility index (Phi) is 3.45. The highest BCUT2D eigenvalue weighted by atomic mass is 79.9. The third kappa shape index (κ3) is 2.78. The van der Waals surface area contributed by atoms with E-state index in [0.717, 1.165) is 0 Å². The van der Waals surface area contributed by atoms with Crippen LogP contribution in [0.15, 0.2) is 16.6 Å². The molecule has 0 aromatic heterocycles. The van der Waals surface area contributed by atoms with Crippen molar-refractivity contribution < 1.29 is 9.18 Å². The second kappa shape index (κ2) is 4.20. The summed E-state index contributed by atoms with van der Waals surface area (Å²) in [6, 6.07) is 2.73. The van der Waals surface area contributed by atoms with Crippen molar-refractivity contribution in [3.8, 4) is 0 Å². The first-order chi connectivity index (χ1) is 6.00. The van der Waals surface area contributed by atoms with Gasteiger partial charge in [0.15, 0.2) is 0 Å². The van der Waals surface area contributed by atoms with Crippen LogP contribution in [-0.2, 0) is 11.2 Å². The van der Waals surface area contributed by atoms with Crippen molar-refractivity contribution >= 4 is 33.3 Å². The summed E-state index contributed by atoms with van der Waals surface area (Å²) < 4.78 is 13.4. The van der Waals surface area contributed by atoms with Crippen molar-refractivity contribution in [3.05, 3.63) is 33.0 Å². The van der Waals surface area contributed by atoms with Crippen LogP contribution in [0.4, 0.5) is 4.39 Å². The first-order valence-corrected chi connectivity index (χ1v) is 4.80. The number of carbonyl (C=O) groups is 1. The van der Waals surface area contributed by atoms with E-state index < -0.39 is 5.82 Å². The summed E-state index contributed by atoms with van der Waals surface area (Å²) in [6.07, 6.45) is 0.264. The molecule has 0 fully saturated rings. The van der Waals surface area contributed by atoms with Gasteiger partial charge in [0.05, 0.1) is 5.02 Å². The normalized spacial score (nSPS) is 10.2. The Morgan fingerprint density at radius 1 is 1.62 bits per heavy atom. The number of hydrogen-bond donors (Lipinski definition) is 0. The van der Waals surface area contributed by atoms with Crippen LogP contribution in [-0.4, -0.2) is 5.78 Å². The number of rotatable bonds is 2. The van der Waals surface area contributed by atoms with E-state index in [4.69, 9.17) is 11.6 Å². The lowest BCUT2D eigenvalue weighted by atomic mass is 10.1. The van der Waals surface area contributed by atoms with Gasteiger partial charge in [0.1, 0.15) is 11.6 Å². The molecule has 0 saturated carbocycles. The van der Waals surface area contributed by atoms with Crippen LogP contribution in [0.3, 0.4) is 0 Å². The van der Waals surface area contributed by atoms with Gasteiger partial charge in [-0.1, -0.05) is 27.5 Å². The molecule has 0 aliphatic rings. The zero-order chi connectivity index (χ0) is 10.0. The molecule has 1 aromatic rings. The smallest absolute Gasteiger partial charge is 0.142 e. The summed E-state index contributed by atoms with van der Waals surface area (Å²) in [6.45, 7) is 1.48. The number of carbonyl (C=O) groups excluding carboxylic acids is 1. The van der Waals surface area contributed by atoms with Crippen LogP contribution in [0.25, 0.3) is 0 Å². The summed E-state index contributed by atoms with van der Waals surface area (Å²) in [7, 11) is 0. The lowest BCUT2D eigenvalue weighted by Gasteiger charge is -2.03. The van der Waals surface area contributed by atoms with Gasteiger partial charge in [0, 0.05) is 10.9 Å². The van der Waals surface area contributed by atoms with E-state index in [1.54, 1.807) is 0 Å². The Morgan fingerprint density at radius 3 is 2.77 bits per heavy atom. The first-order valence-electron chi connectivity index (χ1n) is 3.63. The first kappa shape index (κ1) is 10.7. The van der Waals surface area contributed by atoms with Gasteiger partial charge in [-0.25, -0.2) is 4.39 Å². The highest BCUT2D eigenvalue weighted by Gasteiger charge is 2.07. The zero-order valence-electron chi connectivity index (χ0n) is 6.90. The van der Waals surface area contributed by atoms with Crippen molar-refractivity contribution in [2.24, 2.45) is 0 Å². The van der Waals surface area contributed by atoms with Crippen molar-refractivity contribution in [1.82, 2.24) is 0 Å². The summed E-state index contributed by atoms with van der Waals surface area (Å²) in [5.41, 5.74) is 0.707. The van der Waals surface area contributed by atoms with E-state index in [1.807, 2.05) is 0 Å². The Balaban J connectivity index is 3.08. The van der Waals surface area contributed by atoms with Crippen LogP contribution in [0.2, 0.25) is 5.02 Å². The van der Waals surface area contributed by atoms with E-state index in [9.17, 15) is 9.18 Å². The van der Waals surface area contributed by atoms with E-state index in [0.29, 0.717) is 10.0 Å². The molecule has 0 bridgehead atoms. The number of Topliss-reactive ketones (excluding diaryl/α,β-unsaturated/α-hetero) is 1. The molecule has 0 amide bonds. The van der Waals surface area contributed by atoms with Gasteiger partial charge in [-0.3, -0.25) is 4.79 Å². The van der Waals surface area contributed by atoms with Crippen LogP contribution in [0.5, 0.6) is 0 Å². The Hall–Kier alpha value is -0.410. The molecular weight excluding hydrogens is 258 g/mol. The maximum Gasteiger partial charge on any atom is 0.142 e. The van der Waals surface area contributed by atoms with E-state index in [2.05, 4.69) is 15.9 Å². The third-order valence-electron chi connectivity index (χ3n) is 1.53. The topological polar surface area (TPSA) is 17.1 Å². The van der Waals surface area contributed by atoms with Gasteiger partial charge in [-0.15, -0.1) is 0 Å². The predicted molar refractivity (Wildman–Crippen MR) is 53.5 cm³/mol. The standard InChI is InChI=1S/C9H7BrClFO/c1-5(13)2-6-3-8(11)9(12)4-7(6)10/h3-4H,2H2,1H3. The monoisotopic (exact) mass is 264 g/mol. The summed E-state index contributed by atoms with van der Waals surface area (Å²) in [5.74, 6) is -0.468. The van der Waals surface area contributed by atoms with Crippen LogP contribution < -0.4 is 0 Å². The Labute approximate surface area is 89.0 Å². The molecule has 0 unspecified atom stereocenters. The number of hydrogen-bond acceptors (Lipinski definition) is 1. The molecule has 13 heavy (non-hydrogen) atoms. The molecule has 0 aliphatic carbocycles. The molecule has 70 valence electrons. The quantitative estimate of drug-likeness (QED) is 0.749. The van der Waals surface area contributed by atoms with E-state index in [1.165, 1.54) is 19.1 Å². The van der Waals surface area contributed by atoms with Gasteiger partial charge >= 0.3 is 0 Å². The van der Waals surface area contributed by atoms with Gasteiger partial charge in [0.25, 0.3) is 0 Å². The fourth-order valence-electron chi connectivity index (χ4n) is 0.967. The molecule has 0 atom stereocenters. The average molecular weight is 266 g/mol. The van der Waals surface area contributed by atoms with Gasteiger partial charge in [0.2, 0.25) is 0 Å². The van der Waals surface area contributed by atoms with Crippen molar-refractivity contribution in [2.75, 3.05) is 0 Å². The van der Waals surface area contributed by atoms with E-state index in [-0.39, 0.29) is 17.2 Å². The number of benzene rings is 1. The molecule has 0 aliphatic heterocycles. The maximum absolute atomic E-state index is 12.9. The minimum Gasteiger partial charge on any atom is -0.300 e. The molecule has 1 rings (SSSR count). The Morgan fingerprint density at radius 2 is 2.23 bits per heavy atom. The molecule has 1 nitrogen and oxygen atoms in total. The largest absolute Gasteiger partial charge is 0.300 e. The highest BCUT2D eigenvalue weighted by Crippen LogP contribution is 2.24. The Bertz CT molecular complexity index is 352. The number of ketones is 1. The highest BCUT2D eigenvalue weighted by molar-refractivity contribution is 9.10. The van der Waals surface area contributed by atoms with Crippen molar-refractivity contribution in [2.45, 2.75) is 13.3 Å². The van der Waals surface area contributed by atoms with Gasteiger partial charge in [-0.2, -0.15) is 0 Å². The molecule has 1 aromatic carbocycles. The zero-order valence-corrected chi connectivity index (χ0v) is 9.25. The molecule has 4 heteroatoms.